The van der Waals surface area contributed by atoms with Gasteiger partial charge in [-0.15, -0.1) is 12.4 Å². The summed E-state index contributed by atoms with van der Waals surface area (Å²) in [7, 11) is 1.77. The van der Waals surface area contributed by atoms with E-state index >= 15 is 0 Å². The Morgan fingerprint density at radius 1 is 1.20 bits per heavy atom. The Hall–Kier alpha value is -1.94. The van der Waals surface area contributed by atoms with E-state index in [1.54, 1.807) is 11.9 Å². The Morgan fingerprint density at radius 3 is 2.50 bits per heavy atom. The fourth-order valence-electron chi connectivity index (χ4n) is 1.76. The number of nitrogens with zero attached hydrogens (tertiary/aromatic N) is 1. The van der Waals surface area contributed by atoms with E-state index in [2.05, 4.69) is 5.32 Å². The van der Waals surface area contributed by atoms with Gasteiger partial charge in [0, 0.05) is 12.7 Å². The van der Waals surface area contributed by atoms with Crippen LogP contribution in [0.2, 0.25) is 0 Å². The number of rotatable bonds is 5. The van der Waals surface area contributed by atoms with Gasteiger partial charge in [0.15, 0.2) is 0 Å². The van der Waals surface area contributed by atoms with Crippen LogP contribution in [-0.2, 0) is 11.3 Å². The lowest BCUT2D eigenvalue weighted by atomic mass is 10.3. The first-order chi connectivity index (χ1) is 9.15. The summed E-state index contributed by atoms with van der Waals surface area (Å²) in [6, 6.07) is 13.5. The third kappa shape index (κ3) is 4.63. The van der Waals surface area contributed by atoms with Gasteiger partial charge in [0.2, 0.25) is 5.91 Å². The molecule has 4 nitrogen and oxygen atoms in total. The Balaban J connectivity index is 0.00000200. The lowest BCUT2D eigenvalue weighted by Crippen LogP contribution is -2.31. The SMILES string of the molecule is Cc1ccc(CN(C)C(=O)CNc2ccccc2)o1.Cl. The van der Waals surface area contributed by atoms with Crippen molar-refractivity contribution in [1.82, 2.24) is 4.90 Å². The number of benzene rings is 1. The zero-order valence-electron chi connectivity index (χ0n) is 11.6. The number of carbonyl (C=O) groups is 1. The van der Waals surface area contributed by atoms with E-state index < -0.39 is 0 Å². The summed E-state index contributed by atoms with van der Waals surface area (Å²) in [5.41, 5.74) is 0.943. The fraction of sp³-hybridized carbons (Fsp3) is 0.267. The van der Waals surface area contributed by atoms with Crippen LogP contribution in [0.4, 0.5) is 5.69 Å². The van der Waals surface area contributed by atoms with Crippen molar-refractivity contribution in [2.45, 2.75) is 13.5 Å². The maximum atomic E-state index is 11.9. The van der Waals surface area contributed by atoms with E-state index in [1.807, 2.05) is 49.4 Å². The van der Waals surface area contributed by atoms with Gasteiger partial charge in [0.25, 0.3) is 0 Å². The maximum absolute atomic E-state index is 11.9. The number of likely N-dealkylation sites (N-methyl/N-ethyl adjacent to an activating group) is 1. The number of hydrogen-bond acceptors (Lipinski definition) is 3. The van der Waals surface area contributed by atoms with Crippen molar-refractivity contribution in [3.63, 3.8) is 0 Å². The minimum Gasteiger partial charge on any atom is -0.464 e. The number of nitrogens with one attached hydrogen (secondary N) is 1. The number of carbonyl (C=O) groups excluding carboxylic acids is 1. The standard InChI is InChI=1S/C15H18N2O2.ClH/c1-12-8-9-14(19-12)11-17(2)15(18)10-16-13-6-4-3-5-7-13;/h3-9,16H,10-11H2,1-2H3;1H. The van der Waals surface area contributed by atoms with Crippen LogP contribution in [-0.4, -0.2) is 24.4 Å². The highest BCUT2D eigenvalue weighted by Gasteiger charge is 2.10. The molecule has 0 fully saturated rings. The molecule has 2 rings (SSSR count). The molecular weight excluding hydrogens is 276 g/mol. The molecule has 0 radical (unpaired) electrons. The van der Waals surface area contributed by atoms with Gasteiger partial charge >= 0.3 is 0 Å². The van der Waals surface area contributed by atoms with Crippen LogP contribution in [0.25, 0.3) is 0 Å². The van der Waals surface area contributed by atoms with Crippen molar-refractivity contribution in [3.05, 3.63) is 54.0 Å². The molecule has 20 heavy (non-hydrogen) atoms. The highest BCUT2D eigenvalue weighted by molar-refractivity contribution is 5.85. The molecule has 0 bridgehead atoms. The second kappa shape index (κ2) is 7.60. The van der Waals surface area contributed by atoms with Crippen LogP contribution >= 0.6 is 12.4 Å². The van der Waals surface area contributed by atoms with Gasteiger partial charge in [-0.2, -0.15) is 0 Å². The summed E-state index contributed by atoms with van der Waals surface area (Å²) in [6.45, 7) is 2.66. The van der Waals surface area contributed by atoms with Crippen molar-refractivity contribution >= 4 is 24.0 Å². The first-order valence-electron chi connectivity index (χ1n) is 6.23. The van der Waals surface area contributed by atoms with Crippen LogP contribution in [0.3, 0.4) is 0 Å². The monoisotopic (exact) mass is 294 g/mol. The third-order valence-corrected chi connectivity index (χ3v) is 2.83. The summed E-state index contributed by atoms with van der Waals surface area (Å²) in [4.78, 5) is 13.6. The van der Waals surface area contributed by atoms with Crippen molar-refractivity contribution in [3.8, 4) is 0 Å². The Bertz CT molecular complexity index is 540. The molecule has 1 aromatic carbocycles. The molecule has 1 N–H and O–H groups in total. The van der Waals surface area contributed by atoms with E-state index in [9.17, 15) is 4.79 Å². The molecule has 0 unspecified atom stereocenters. The van der Waals surface area contributed by atoms with Crippen molar-refractivity contribution < 1.29 is 9.21 Å². The normalized spacial score (nSPS) is 9.70. The number of anilines is 1. The van der Waals surface area contributed by atoms with Gasteiger partial charge in [0.05, 0.1) is 13.1 Å². The number of hydrogen-bond donors (Lipinski definition) is 1. The molecular formula is C15H19ClN2O2. The minimum atomic E-state index is 0. The van der Waals surface area contributed by atoms with Crippen LogP contribution in [0.5, 0.6) is 0 Å². The van der Waals surface area contributed by atoms with Gasteiger partial charge in [-0.3, -0.25) is 4.79 Å². The van der Waals surface area contributed by atoms with E-state index in [0.29, 0.717) is 6.54 Å². The van der Waals surface area contributed by atoms with Gasteiger partial charge in [-0.25, -0.2) is 0 Å². The molecule has 0 saturated carbocycles. The Kier molecular flexibility index (Phi) is 6.12. The van der Waals surface area contributed by atoms with E-state index in [0.717, 1.165) is 17.2 Å². The van der Waals surface area contributed by atoms with Gasteiger partial charge in [0.1, 0.15) is 11.5 Å². The van der Waals surface area contributed by atoms with Crippen molar-refractivity contribution in [2.75, 3.05) is 18.9 Å². The Morgan fingerprint density at radius 2 is 1.90 bits per heavy atom. The van der Waals surface area contributed by atoms with E-state index in [4.69, 9.17) is 4.42 Å². The average molecular weight is 295 g/mol. The summed E-state index contributed by atoms with van der Waals surface area (Å²) >= 11 is 0. The van der Waals surface area contributed by atoms with Crippen molar-refractivity contribution in [2.24, 2.45) is 0 Å². The van der Waals surface area contributed by atoms with E-state index in [-0.39, 0.29) is 24.9 Å². The van der Waals surface area contributed by atoms with Crippen LogP contribution in [0.1, 0.15) is 11.5 Å². The number of amides is 1. The van der Waals surface area contributed by atoms with Crippen molar-refractivity contribution in [1.29, 1.82) is 0 Å². The summed E-state index contributed by atoms with van der Waals surface area (Å²) in [5, 5.41) is 3.09. The highest BCUT2D eigenvalue weighted by Crippen LogP contribution is 2.09. The number of halogens is 1. The van der Waals surface area contributed by atoms with Gasteiger partial charge in [-0.1, -0.05) is 18.2 Å². The topological polar surface area (TPSA) is 45.5 Å². The molecule has 0 aliphatic rings. The number of furan rings is 1. The molecule has 0 aliphatic heterocycles. The van der Waals surface area contributed by atoms with Crippen LogP contribution in [0, 0.1) is 6.92 Å². The largest absolute Gasteiger partial charge is 0.464 e. The predicted octanol–water partition coefficient (Wildman–Crippen LogP) is 3.08. The lowest BCUT2D eigenvalue weighted by molar-refractivity contribution is -0.128. The second-order valence-electron chi connectivity index (χ2n) is 4.48. The smallest absolute Gasteiger partial charge is 0.242 e. The molecule has 5 heteroatoms. The molecule has 1 amide bonds. The predicted molar refractivity (Wildman–Crippen MR) is 82.1 cm³/mol. The zero-order valence-corrected chi connectivity index (χ0v) is 12.4. The van der Waals surface area contributed by atoms with E-state index in [1.165, 1.54) is 0 Å². The third-order valence-electron chi connectivity index (χ3n) is 2.83. The zero-order chi connectivity index (χ0) is 13.7. The summed E-state index contributed by atoms with van der Waals surface area (Å²) < 4.78 is 5.45. The van der Waals surface area contributed by atoms with Crippen LogP contribution < -0.4 is 5.32 Å². The molecule has 0 saturated heterocycles. The van der Waals surface area contributed by atoms with Gasteiger partial charge in [-0.05, 0) is 31.2 Å². The number of aryl methyl sites for hydroxylation is 1. The molecule has 1 aromatic heterocycles. The lowest BCUT2D eigenvalue weighted by Gasteiger charge is -2.16. The van der Waals surface area contributed by atoms with Crippen LogP contribution in [0.15, 0.2) is 46.9 Å². The Labute approximate surface area is 125 Å². The first-order valence-corrected chi connectivity index (χ1v) is 6.23. The highest BCUT2D eigenvalue weighted by atomic mass is 35.5. The molecule has 108 valence electrons. The minimum absolute atomic E-state index is 0. The summed E-state index contributed by atoms with van der Waals surface area (Å²) in [5.74, 6) is 1.68. The molecule has 0 aliphatic carbocycles. The molecule has 2 aromatic rings. The van der Waals surface area contributed by atoms with Gasteiger partial charge < -0.3 is 14.6 Å². The first kappa shape index (κ1) is 16.1. The molecule has 1 heterocycles. The quantitative estimate of drug-likeness (QED) is 0.922. The fourth-order valence-corrected chi connectivity index (χ4v) is 1.76. The second-order valence-corrected chi connectivity index (χ2v) is 4.48. The summed E-state index contributed by atoms with van der Waals surface area (Å²) in [6.07, 6.45) is 0. The average Bonchev–Trinajstić information content (AvgIpc) is 2.82. The maximum Gasteiger partial charge on any atom is 0.242 e. The molecule has 0 atom stereocenters. The number of para-hydroxylation sites is 1. The molecule has 0 spiro atoms.